The summed E-state index contributed by atoms with van der Waals surface area (Å²) in [6.45, 7) is 12.6. The minimum atomic E-state index is -0.438. The molecule has 8 heteroatoms. The van der Waals surface area contributed by atoms with Gasteiger partial charge in [-0.2, -0.15) is 0 Å². The molecule has 0 aromatic carbocycles. The van der Waals surface area contributed by atoms with E-state index in [1.54, 1.807) is 9.80 Å². The fourth-order valence-electron chi connectivity index (χ4n) is 5.26. The number of rotatable bonds is 0. The molecule has 0 aromatic heterocycles. The zero-order chi connectivity index (χ0) is 23.8. The van der Waals surface area contributed by atoms with Crippen molar-refractivity contribution in [2.45, 2.75) is 116 Å². The van der Waals surface area contributed by atoms with E-state index in [0.29, 0.717) is 25.9 Å². The first-order chi connectivity index (χ1) is 14.7. The molecule has 184 valence electrons. The number of hydrogen-bond donors (Lipinski definition) is 2. The fourth-order valence-corrected chi connectivity index (χ4v) is 5.26. The second-order valence-corrected chi connectivity index (χ2v) is 11.9. The maximum atomic E-state index is 11.9. The summed E-state index contributed by atoms with van der Waals surface area (Å²) < 4.78 is 10.7. The van der Waals surface area contributed by atoms with Gasteiger partial charge in [-0.25, -0.2) is 9.59 Å². The first-order valence-corrected chi connectivity index (χ1v) is 12.1. The van der Waals surface area contributed by atoms with Crippen LogP contribution in [0.1, 0.15) is 80.1 Å². The molecule has 2 aliphatic carbocycles. The topological polar surface area (TPSA) is 99.5 Å². The van der Waals surface area contributed by atoms with E-state index in [9.17, 15) is 19.8 Å². The summed E-state index contributed by atoms with van der Waals surface area (Å²) in [7, 11) is 0. The van der Waals surface area contributed by atoms with Crippen LogP contribution in [0.3, 0.4) is 0 Å². The highest BCUT2D eigenvalue weighted by molar-refractivity contribution is 5.69. The van der Waals surface area contributed by atoms with Crippen LogP contribution in [0, 0.1) is 11.8 Å². The lowest BCUT2D eigenvalue weighted by Crippen LogP contribution is -2.56. The SMILES string of the molecule is CC(C)(C)OC(=O)N1C[C@@H]2CC[C@H]1C[C@@H]2O.CC(C)(C)OC(=O)N1C[C@H]2CC[C@@H]1C[C@H]2O. The maximum absolute atomic E-state index is 11.9. The van der Waals surface area contributed by atoms with E-state index >= 15 is 0 Å². The number of carbonyl (C=O) groups excluding carboxylic acids is 2. The van der Waals surface area contributed by atoms with Gasteiger partial charge in [0.05, 0.1) is 12.2 Å². The van der Waals surface area contributed by atoms with Gasteiger partial charge in [0.25, 0.3) is 0 Å². The third-order valence-corrected chi connectivity index (χ3v) is 6.86. The number of nitrogens with zero attached hydrogens (tertiary/aromatic N) is 2. The van der Waals surface area contributed by atoms with Crippen LogP contribution in [0.5, 0.6) is 0 Å². The number of carbonyl (C=O) groups is 2. The van der Waals surface area contributed by atoms with Crippen molar-refractivity contribution in [2.75, 3.05) is 13.1 Å². The summed E-state index contributed by atoms with van der Waals surface area (Å²) in [4.78, 5) is 27.5. The second kappa shape index (κ2) is 9.37. The van der Waals surface area contributed by atoms with Crippen molar-refractivity contribution >= 4 is 12.2 Å². The van der Waals surface area contributed by atoms with Crippen LogP contribution in [0.2, 0.25) is 0 Å². The predicted octanol–water partition coefficient (Wildman–Crippen LogP) is 3.53. The molecule has 4 saturated heterocycles. The van der Waals surface area contributed by atoms with Crippen molar-refractivity contribution in [1.29, 1.82) is 0 Å². The molecule has 2 N–H and O–H groups in total. The molecule has 4 bridgehead atoms. The molecule has 2 saturated carbocycles. The molecule has 6 fully saturated rings. The normalized spacial score (nSPS) is 34.0. The number of aliphatic hydroxyl groups excluding tert-OH is 2. The molecule has 6 atom stereocenters. The highest BCUT2D eigenvalue weighted by atomic mass is 16.6. The Morgan fingerprint density at radius 1 is 0.688 bits per heavy atom. The van der Waals surface area contributed by atoms with Gasteiger partial charge in [0.15, 0.2) is 0 Å². The van der Waals surface area contributed by atoms with Crippen LogP contribution in [0.25, 0.3) is 0 Å². The van der Waals surface area contributed by atoms with E-state index in [2.05, 4.69) is 0 Å². The van der Waals surface area contributed by atoms with E-state index in [0.717, 1.165) is 25.7 Å². The Labute approximate surface area is 192 Å². The Morgan fingerprint density at radius 2 is 1.03 bits per heavy atom. The first kappa shape index (κ1) is 25.1. The van der Waals surface area contributed by atoms with Gasteiger partial charge in [0.2, 0.25) is 0 Å². The number of aliphatic hydroxyl groups is 2. The maximum Gasteiger partial charge on any atom is 0.410 e. The Hall–Kier alpha value is -1.54. The van der Waals surface area contributed by atoms with Gasteiger partial charge in [0.1, 0.15) is 11.2 Å². The Bertz CT molecular complexity index is 627. The average Bonchev–Trinajstić information content (AvgIpc) is 2.66. The molecule has 0 aromatic rings. The molecular weight excluding hydrogens is 412 g/mol. The van der Waals surface area contributed by atoms with E-state index in [4.69, 9.17) is 9.47 Å². The Balaban J connectivity index is 0.000000181. The standard InChI is InChI=1S/2C12H21NO3/c2*1-12(2,3)16-11(15)13-7-8-4-5-9(13)6-10(8)14/h2*8-10,14H,4-7H2,1-3H3/t2*8-,9-,10-/m10/s1. The Kier molecular flexibility index (Phi) is 7.35. The summed E-state index contributed by atoms with van der Waals surface area (Å²) in [6, 6.07) is 0.352. The Morgan fingerprint density at radius 3 is 1.25 bits per heavy atom. The molecule has 0 spiro atoms. The van der Waals surface area contributed by atoms with E-state index in [1.807, 2.05) is 41.5 Å². The summed E-state index contributed by atoms with van der Waals surface area (Å²) in [5.41, 5.74) is -0.876. The molecule has 4 heterocycles. The highest BCUT2D eigenvalue weighted by Crippen LogP contribution is 2.37. The van der Waals surface area contributed by atoms with Gasteiger partial charge >= 0.3 is 12.2 Å². The van der Waals surface area contributed by atoms with Crippen molar-refractivity contribution in [3.05, 3.63) is 0 Å². The molecule has 8 nitrogen and oxygen atoms in total. The number of ether oxygens (including phenoxy) is 2. The molecule has 4 aliphatic heterocycles. The van der Waals surface area contributed by atoms with E-state index in [1.165, 1.54) is 0 Å². The number of amides is 2. The fraction of sp³-hybridized carbons (Fsp3) is 0.917. The van der Waals surface area contributed by atoms with Gasteiger partial charge in [-0.15, -0.1) is 0 Å². The van der Waals surface area contributed by atoms with Gasteiger partial charge in [-0.3, -0.25) is 0 Å². The lowest BCUT2D eigenvalue weighted by molar-refractivity contribution is -0.0592. The smallest absolute Gasteiger partial charge is 0.410 e. The summed E-state index contributed by atoms with van der Waals surface area (Å²) in [6.07, 6.45) is 4.59. The van der Waals surface area contributed by atoms with Crippen molar-refractivity contribution in [2.24, 2.45) is 11.8 Å². The van der Waals surface area contributed by atoms with Gasteiger partial charge in [-0.05, 0) is 80.1 Å². The molecule has 32 heavy (non-hydrogen) atoms. The molecule has 2 amide bonds. The van der Waals surface area contributed by atoms with Crippen LogP contribution < -0.4 is 0 Å². The van der Waals surface area contributed by atoms with Crippen LogP contribution in [0.15, 0.2) is 0 Å². The van der Waals surface area contributed by atoms with Crippen LogP contribution >= 0.6 is 0 Å². The largest absolute Gasteiger partial charge is 0.444 e. The van der Waals surface area contributed by atoms with Gasteiger partial charge in [-0.1, -0.05) is 0 Å². The number of piperidine rings is 4. The number of fused-ring (bicyclic) bond motifs is 6. The first-order valence-electron chi connectivity index (χ1n) is 12.1. The zero-order valence-electron chi connectivity index (χ0n) is 20.5. The van der Waals surface area contributed by atoms with Crippen molar-refractivity contribution in [1.82, 2.24) is 9.80 Å². The van der Waals surface area contributed by atoms with Gasteiger partial charge in [0, 0.05) is 37.0 Å². The van der Waals surface area contributed by atoms with Crippen LogP contribution in [-0.4, -0.2) is 80.8 Å². The molecule has 0 radical (unpaired) electrons. The van der Waals surface area contributed by atoms with Gasteiger partial charge < -0.3 is 29.5 Å². The third kappa shape index (κ3) is 6.28. The second-order valence-electron chi connectivity index (χ2n) is 11.9. The van der Waals surface area contributed by atoms with Crippen LogP contribution in [-0.2, 0) is 9.47 Å². The third-order valence-electron chi connectivity index (χ3n) is 6.86. The summed E-state index contributed by atoms with van der Waals surface area (Å²) in [5.74, 6) is 0.495. The zero-order valence-corrected chi connectivity index (χ0v) is 20.5. The summed E-state index contributed by atoms with van der Waals surface area (Å²) >= 11 is 0. The predicted molar refractivity (Wildman–Crippen MR) is 120 cm³/mol. The monoisotopic (exact) mass is 454 g/mol. The molecule has 6 rings (SSSR count). The van der Waals surface area contributed by atoms with Crippen LogP contribution in [0.4, 0.5) is 9.59 Å². The lowest BCUT2D eigenvalue weighted by Gasteiger charge is -2.47. The minimum Gasteiger partial charge on any atom is -0.444 e. The average molecular weight is 455 g/mol. The molecular formula is C24H42N2O6. The molecule has 6 aliphatic rings. The minimum absolute atomic E-state index is 0.176. The van der Waals surface area contributed by atoms with E-state index < -0.39 is 11.2 Å². The molecule has 0 unspecified atom stereocenters. The van der Waals surface area contributed by atoms with Crippen molar-refractivity contribution in [3.63, 3.8) is 0 Å². The quantitative estimate of drug-likeness (QED) is 0.581. The van der Waals surface area contributed by atoms with Crippen molar-refractivity contribution in [3.8, 4) is 0 Å². The van der Waals surface area contributed by atoms with E-state index in [-0.39, 0.29) is 48.3 Å². The van der Waals surface area contributed by atoms with Crippen molar-refractivity contribution < 1.29 is 29.3 Å². The number of hydrogen-bond acceptors (Lipinski definition) is 6. The highest BCUT2D eigenvalue weighted by Gasteiger charge is 2.44. The summed E-state index contributed by atoms with van der Waals surface area (Å²) in [5, 5.41) is 19.5. The lowest BCUT2D eigenvalue weighted by atomic mass is 9.78.